The number of morpholine rings is 1. The van der Waals surface area contributed by atoms with Gasteiger partial charge in [-0.05, 0) is 24.1 Å². The van der Waals surface area contributed by atoms with Gasteiger partial charge in [-0.2, -0.15) is 0 Å². The molecule has 140 valence electrons. The summed E-state index contributed by atoms with van der Waals surface area (Å²) in [5.74, 6) is 0.315. The molecule has 5 rings (SSSR count). The number of rotatable bonds is 4. The second-order valence-electron chi connectivity index (χ2n) is 7.24. The molecule has 0 bridgehead atoms. The Kier molecular flexibility index (Phi) is 4.61. The van der Waals surface area contributed by atoms with Crippen LogP contribution in [0.15, 0.2) is 54.6 Å². The zero-order valence-corrected chi connectivity index (χ0v) is 15.3. The monoisotopic (exact) mass is 364 g/mol. The first kappa shape index (κ1) is 16.9. The maximum absolute atomic E-state index is 6.21. The van der Waals surface area contributed by atoms with E-state index < -0.39 is 0 Å². The molecule has 0 unspecified atom stereocenters. The maximum atomic E-state index is 6.21. The smallest absolute Gasteiger partial charge is 0.157 e. The maximum Gasteiger partial charge on any atom is 0.157 e. The average molecular weight is 364 g/mol. The third-order valence-electron chi connectivity index (χ3n) is 5.71. The van der Waals surface area contributed by atoms with Crippen molar-refractivity contribution in [3.63, 3.8) is 0 Å². The predicted octanol–water partition coefficient (Wildman–Crippen LogP) is 3.04. The number of nitrogens with zero attached hydrogens (tertiary/aromatic N) is 4. The van der Waals surface area contributed by atoms with E-state index in [0.29, 0.717) is 5.92 Å². The Morgan fingerprint density at radius 3 is 2.56 bits per heavy atom. The predicted molar refractivity (Wildman–Crippen MR) is 102 cm³/mol. The van der Waals surface area contributed by atoms with Crippen LogP contribution >= 0.6 is 0 Å². The fourth-order valence-corrected chi connectivity index (χ4v) is 4.47. The van der Waals surface area contributed by atoms with Crippen LogP contribution in [0.3, 0.4) is 0 Å². The summed E-state index contributed by atoms with van der Waals surface area (Å²) in [6.45, 7) is 4.21. The van der Waals surface area contributed by atoms with E-state index in [2.05, 4.69) is 51.6 Å². The molecule has 0 amide bonds. The molecule has 2 fully saturated rings. The largest absolute Gasteiger partial charge is 0.379 e. The Hall–Kier alpha value is -2.28. The molecule has 0 saturated carbocycles. The van der Waals surface area contributed by atoms with Gasteiger partial charge in [0.25, 0.3) is 0 Å². The number of para-hydroxylation sites is 1. The lowest BCUT2D eigenvalue weighted by Gasteiger charge is -2.39. The number of hydrogen-bond acceptors (Lipinski definition) is 5. The Bertz CT molecular complexity index is 891. The van der Waals surface area contributed by atoms with Gasteiger partial charge in [-0.3, -0.25) is 4.90 Å². The molecule has 0 N–H and O–H groups in total. The van der Waals surface area contributed by atoms with Gasteiger partial charge in [-0.1, -0.05) is 47.7 Å². The van der Waals surface area contributed by atoms with Crippen LogP contribution in [0.1, 0.15) is 24.3 Å². The summed E-state index contributed by atoms with van der Waals surface area (Å²) in [6, 6.07) is 19.2. The molecule has 1 aromatic heterocycles. The van der Waals surface area contributed by atoms with Gasteiger partial charge in [0.05, 0.1) is 18.7 Å². The van der Waals surface area contributed by atoms with Crippen LogP contribution in [-0.4, -0.2) is 52.8 Å². The quantitative estimate of drug-likeness (QED) is 0.712. The van der Waals surface area contributed by atoms with Gasteiger partial charge >= 0.3 is 0 Å². The van der Waals surface area contributed by atoms with Crippen molar-refractivity contribution < 1.29 is 9.47 Å². The highest BCUT2D eigenvalue weighted by atomic mass is 16.5. The molecule has 2 aliphatic heterocycles. The van der Waals surface area contributed by atoms with Gasteiger partial charge < -0.3 is 9.47 Å². The molecule has 27 heavy (non-hydrogen) atoms. The van der Waals surface area contributed by atoms with E-state index in [0.717, 1.165) is 50.4 Å². The van der Waals surface area contributed by atoms with Crippen molar-refractivity contribution in [1.82, 2.24) is 19.9 Å². The summed E-state index contributed by atoms with van der Waals surface area (Å²) in [4.78, 5) is 2.55. The van der Waals surface area contributed by atoms with E-state index in [9.17, 15) is 0 Å². The first-order valence-corrected chi connectivity index (χ1v) is 9.70. The molecule has 0 aliphatic carbocycles. The highest BCUT2D eigenvalue weighted by Gasteiger charge is 2.41. The molecule has 0 spiro atoms. The van der Waals surface area contributed by atoms with Crippen LogP contribution in [0.4, 0.5) is 0 Å². The Morgan fingerprint density at radius 1 is 0.926 bits per heavy atom. The summed E-state index contributed by atoms with van der Waals surface area (Å²) in [7, 11) is 0. The zero-order valence-electron chi connectivity index (χ0n) is 15.3. The summed E-state index contributed by atoms with van der Waals surface area (Å²) < 4.78 is 13.8. The first-order valence-electron chi connectivity index (χ1n) is 9.70. The summed E-state index contributed by atoms with van der Waals surface area (Å²) >= 11 is 0. The lowest BCUT2D eigenvalue weighted by atomic mass is 9.88. The lowest BCUT2D eigenvalue weighted by molar-refractivity contribution is -0.0344. The third-order valence-corrected chi connectivity index (χ3v) is 5.71. The van der Waals surface area contributed by atoms with Crippen LogP contribution in [0, 0.1) is 5.92 Å². The molecule has 2 aliphatic rings. The van der Waals surface area contributed by atoms with Gasteiger partial charge in [-0.15, -0.1) is 5.10 Å². The first-order chi connectivity index (χ1) is 13.4. The van der Waals surface area contributed by atoms with Crippen LogP contribution in [0.2, 0.25) is 0 Å². The van der Waals surface area contributed by atoms with Crippen molar-refractivity contribution in [3.8, 4) is 0 Å². The van der Waals surface area contributed by atoms with Crippen LogP contribution < -0.4 is 0 Å². The van der Waals surface area contributed by atoms with Gasteiger partial charge in [-0.25, -0.2) is 4.68 Å². The van der Waals surface area contributed by atoms with Gasteiger partial charge in [0, 0.05) is 31.7 Å². The van der Waals surface area contributed by atoms with Crippen molar-refractivity contribution in [2.75, 3.05) is 32.9 Å². The van der Waals surface area contributed by atoms with Crippen LogP contribution in [0.5, 0.6) is 0 Å². The summed E-state index contributed by atoms with van der Waals surface area (Å²) in [6.07, 6.45) is 0.904. The lowest BCUT2D eigenvalue weighted by Crippen LogP contribution is -2.43. The van der Waals surface area contributed by atoms with Crippen molar-refractivity contribution >= 4 is 11.0 Å². The molecule has 3 heterocycles. The highest BCUT2D eigenvalue weighted by molar-refractivity contribution is 5.73. The normalized spacial score (nSPS) is 25.0. The van der Waals surface area contributed by atoms with E-state index in [1.54, 1.807) is 0 Å². The second kappa shape index (κ2) is 7.38. The molecule has 6 heteroatoms. The van der Waals surface area contributed by atoms with E-state index in [4.69, 9.17) is 9.47 Å². The fourth-order valence-electron chi connectivity index (χ4n) is 4.47. The fraction of sp³-hybridized carbons (Fsp3) is 0.429. The van der Waals surface area contributed by atoms with Crippen molar-refractivity contribution in [3.05, 3.63) is 60.2 Å². The molecule has 0 radical (unpaired) electrons. The van der Waals surface area contributed by atoms with Gasteiger partial charge in [0.15, 0.2) is 6.23 Å². The molecular formula is C21H24N4O2. The topological polar surface area (TPSA) is 52.4 Å². The SMILES string of the molecule is c1ccc([C@@H]([C@@H]2CCO[C@H]2n2nnc3ccccc32)N2CCOCC2)cc1. The molecule has 6 nitrogen and oxygen atoms in total. The zero-order chi connectivity index (χ0) is 18.1. The number of ether oxygens (including phenoxy) is 2. The van der Waals surface area contributed by atoms with Gasteiger partial charge in [0.1, 0.15) is 5.52 Å². The van der Waals surface area contributed by atoms with E-state index >= 15 is 0 Å². The van der Waals surface area contributed by atoms with E-state index in [1.807, 2.05) is 22.9 Å². The Balaban J connectivity index is 1.54. The minimum atomic E-state index is -0.106. The second-order valence-corrected chi connectivity index (χ2v) is 7.24. The van der Waals surface area contributed by atoms with Crippen LogP contribution in [-0.2, 0) is 9.47 Å². The number of benzene rings is 2. The Morgan fingerprint density at radius 2 is 1.70 bits per heavy atom. The number of fused-ring (bicyclic) bond motifs is 1. The standard InChI is InChI=1S/C21H24N4O2/c1-2-6-16(7-3-1)20(24-11-14-26-15-12-24)17-10-13-27-21(17)25-19-9-5-4-8-18(19)22-23-25/h1-9,17,20-21H,10-15H2/t17-,20-,21+/m0/s1. The van der Waals surface area contributed by atoms with Crippen molar-refractivity contribution in [2.45, 2.75) is 18.7 Å². The van der Waals surface area contributed by atoms with Crippen LogP contribution in [0.25, 0.3) is 11.0 Å². The summed E-state index contributed by atoms with van der Waals surface area (Å²) in [5, 5.41) is 8.79. The third kappa shape index (κ3) is 3.14. The average Bonchev–Trinajstić information content (AvgIpc) is 3.37. The number of hydrogen-bond donors (Lipinski definition) is 0. The molecule has 2 saturated heterocycles. The molecular weight excluding hydrogens is 340 g/mol. The molecule has 3 aromatic rings. The van der Waals surface area contributed by atoms with E-state index in [1.165, 1.54) is 5.56 Å². The minimum absolute atomic E-state index is 0.106. The Labute approximate surface area is 158 Å². The number of aromatic nitrogens is 3. The molecule has 3 atom stereocenters. The van der Waals surface area contributed by atoms with E-state index in [-0.39, 0.29) is 12.3 Å². The minimum Gasteiger partial charge on any atom is -0.379 e. The van der Waals surface area contributed by atoms with Crippen molar-refractivity contribution in [2.24, 2.45) is 5.92 Å². The van der Waals surface area contributed by atoms with Gasteiger partial charge in [0.2, 0.25) is 0 Å². The van der Waals surface area contributed by atoms with Crippen molar-refractivity contribution in [1.29, 1.82) is 0 Å². The summed E-state index contributed by atoms with van der Waals surface area (Å²) in [5.41, 5.74) is 3.28. The highest BCUT2D eigenvalue weighted by Crippen LogP contribution is 2.43. The molecule has 2 aromatic carbocycles.